The minimum atomic E-state index is 0.777. The normalized spacial score (nSPS) is 14.6. The van der Waals surface area contributed by atoms with Gasteiger partial charge in [0, 0.05) is 0 Å². The van der Waals surface area contributed by atoms with Crippen LogP contribution in [-0.4, -0.2) is 14.2 Å². The van der Waals surface area contributed by atoms with Crippen molar-refractivity contribution >= 4 is 0 Å². The predicted molar refractivity (Wildman–Crippen MR) is 96.6 cm³/mol. The number of methoxy groups -OCH3 is 2. The van der Waals surface area contributed by atoms with E-state index in [2.05, 4.69) is 25.1 Å². The van der Waals surface area contributed by atoms with Gasteiger partial charge in [0.05, 0.1) is 14.2 Å². The molecule has 1 aliphatic rings. The summed E-state index contributed by atoms with van der Waals surface area (Å²) in [6.07, 6.45) is 6.91. The molecule has 2 heteroatoms. The molecule has 124 valence electrons. The van der Waals surface area contributed by atoms with E-state index in [0.29, 0.717) is 0 Å². The summed E-state index contributed by atoms with van der Waals surface area (Å²) in [4.78, 5) is 0. The van der Waals surface area contributed by atoms with Crippen molar-refractivity contribution in [1.82, 2.24) is 0 Å². The molecule has 0 amide bonds. The lowest BCUT2D eigenvalue weighted by atomic mass is 9.84. The van der Waals surface area contributed by atoms with Crippen molar-refractivity contribution in [2.45, 2.75) is 44.9 Å². The maximum atomic E-state index is 5.25. The van der Waals surface area contributed by atoms with Crippen LogP contribution in [0.2, 0.25) is 0 Å². The van der Waals surface area contributed by atoms with Crippen LogP contribution in [0.5, 0.6) is 11.5 Å². The SMILES string of the molecule is COc1ccc(C)cc1.COc1cccc(C2CCCCC2)c1. The standard InChI is InChI=1S/C13H18O.C8H10O/c1-14-13-9-5-8-12(10-13)11-6-3-2-4-7-11;1-7-3-5-8(9-2)6-4-7/h5,8-11H,2-4,6-7H2,1H3;3-6H,1-2H3. The number of hydrogen-bond acceptors (Lipinski definition) is 2. The van der Waals surface area contributed by atoms with Gasteiger partial charge >= 0.3 is 0 Å². The molecule has 2 aromatic rings. The Kier molecular flexibility index (Phi) is 6.99. The van der Waals surface area contributed by atoms with Crippen molar-refractivity contribution in [2.75, 3.05) is 14.2 Å². The van der Waals surface area contributed by atoms with E-state index in [0.717, 1.165) is 17.4 Å². The van der Waals surface area contributed by atoms with Crippen molar-refractivity contribution in [2.24, 2.45) is 0 Å². The minimum absolute atomic E-state index is 0.777. The third-order valence-electron chi connectivity index (χ3n) is 4.43. The molecule has 1 aliphatic carbocycles. The van der Waals surface area contributed by atoms with E-state index >= 15 is 0 Å². The van der Waals surface area contributed by atoms with Gasteiger partial charge in [-0.3, -0.25) is 0 Å². The molecule has 0 aromatic heterocycles. The third kappa shape index (κ3) is 5.63. The van der Waals surface area contributed by atoms with Gasteiger partial charge in [0.25, 0.3) is 0 Å². The largest absolute Gasteiger partial charge is 0.497 e. The van der Waals surface area contributed by atoms with Gasteiger partial charge in [-0.2, -0.15) is 0 Å². The average molecular weight is 312 g/mol. The predicted octanol–water partition coefficient (Wildman–Crippen LogP) is 5.75. The summed E-state index contributed by atoms with van der Waals surface area (Å²) in [5, 5.41) is 0. The van der Waals surface area contributed by atoms with E-state index in [9.17, 15) is 0 Å². The van der Waals surface area contributed by atoms with Crippen LogP contribution in [0.15, 0.2) is 48.5 Å². The number of ether oxygens (including phenoxy) is 2. The van der Waals surface area contributed by atoms with Crippen LogP contribution in [0, 0.1) is 6.92 Å². The summed E-state index contributed by atoms with van der Waals surface area (Å²) >= 11 is 0. The van der Waals surface area contributed by atoms with E-state index in [4.69, 9.17) is 9.47 Å². The Morgan fingerprint density at radius 2 is 1.43 bits per heavy atom. The summed E-state index contributed by atoms with van der Waals surface area (Å²) in [5.41, 5.74) is 2.72. The van der Waals surface area contributed by atoms with Crippen molar-refractivity contribution in [3.8, 4) is 11.5 Å². The van der Waals surface area contributed by atoms with Gasteiger partial charge < -0.3 is 9.47 Å². The highest BCUT2D eigenvalue weighted by atomic mass is 16.5. The van der Waals surface area contributed by atoms with Crippen LogP contribution < -0.4 is 9.47 Å². The first-order valence-corrected chi connectivity index (χ1v) is 8.47. The Hall–Kier alpha value is -1.96. The van der Waals surface area contributed by atoms with Crippen LogP contribution in [0.1, 0.15) is 49.1 Å². The molecule has 0 spiro atoms. The average Bonchev–Trinajstić information content (AvgIpc) is 2.64. The molecule has 0 aliphatic heterocycles. The molecule has 23 heavy (non-hydrogen) atoms. The molecule has 0 radical (unpaired) electrons. The first kappa shape index (κ1) is 17.4. The minimum Gasteiger partial charge on any atom is -0.497 e. The molecule has 0 N–H and O–H groups in total. The maximum Gasteiger partial charge on any atom is 0.119 e. The fraction of sp³-hybridized carbons (Fsp3) is 0.429. The first-order chi connectivity index (χ1) is 11.2. The van der Waals surface area contributed by atoms with Crippen molar-refractivity contribution in [1.29, 1.82) is 0 Å². The summed E-state index contributed by atoms with van der Waals surface area (Å²) in [6, 6.07) is 16.5. The zero-order valence-electron chi connectivity index (χ0n) is 14.5. The summed E-state index contributed by atoms with van der Waals surface area (Å²) in [7, 11) is 3.41. The van der Waals surface area contributed by atoms with Gasteiger partial charge in [-0.05, 0) is 55.5 Å². The third-order valence-corrected chi connectivity index (χ3v) is 4.43. The fourth-order valence-corrected chi connectivity index (χ4v) is 3.01. The molecule has 2 aromatic carbocycles. The lowest BCUT2D eigenvalue weighted by Crippen LogP contribution is -2.04. The summed E-state index contributed by atoms with van der Waals surface area (Å²) in [5.74, 6) is 2.69. The van der Waals surface area contributed by atoms with Gasteiger partial charge in [0.15, 0.2) is 0 Å². The van der Waals surface area contributed by atoms with Gasteiger partial charge in [-0.25, -0.2) is 0 Å². The quantitative estimate of drug-likeness (QED) is 0.718. The Balaban J connectivity index is 0.000000185. The van der Waals surface area contributed by atoms with Crippen LogP contribution in [-0.2, 0) is 0 Å². The zero-order valence-corrected chi connectivity index (χ0v) is 14.5. The molecule has 3 rings (SSSR count). The lowest BCUT2D eigenvalue weighted by molar-refractivity contribution is 0.409. The Bertz CT molecular complexity index is 569. The van der Waals surface area contributed by atoms with E-state index in [1.807, 2.05) is 30.3 Å². The van der Waals surface area contributed by atoms with Crippen LogP contribution >= 0.6 is 0 Å². The monoisotopic (exact) mass is 312 g/mol. The fourth-order valence-electron chi connectivity index (χ4n) is 3.01. The van der Waals surface area contributed by atoms with Gasteiger partial charge in [0.1, 0.15) is 11.5 Å². The molecule has 0 bridgehead atoms. The zero-order chi connectivity index (χ0) is 16.5. The van der Waals surface area contributed by atoms with Gasteiger partial charge in [-0.1, -0.05) is 49.1 Å². The van der Waals surface area contributed by atoms with E-state index in [1.54, 1.807) is 14.2 Å². The molecule has 1 saturated carbocycles. The second kappa shape index (κ2) is 9.24. The van der Waals surface area contributed by atoms with E-state index in [1.165, 1.54) is 43.2 Å². The molecular weight excluding hydrogens is 284 g/mol. The highest BCUT2D eigenvalue weighted by molar-refractivity contribution is 5.31. The second-order valence-electron chi connectivity index (χ2n) is 6.13. The van der Waals surface area contributed by atoms with Gasteiger partial charge in [0.2, 0.25) is 0 Å². The number of rotatable bonds is 3. The molecule has 0 saturated heterocycles. The first-order valence-electron chi connectivity index (χ1n) is 8.47. The lowest BCUT2D eigenvalue weighted by Gasteiger charge is -2.22. The maximum absolute atomic E-state index is 5.25. The van der Waals surface area contributed by atoms with Crippen molar-refractivity contribution in [3.63, 3.8) is 0 Å². The molecule has 0 unspecified atom stereocenters. The molecule has 0 atom stereocenters. The topological polar surface area (TPSA) is 18.5 Å². The summed E-state index contributed by atoms with van der Waals surface area (Å²) in [6.45, 7) is 2.06. The summed E-state index contributed by atoms with van der Waals surface area (Å²) < 4.78 is 10.2. The highest BCUT2D eigenvalue weighted by Gasteiger charge is 2.15. The molecule has 2 nitrogen and oxygen atoms in total. The van der Waals surface area contributed by atoms with E-state index in [-0.39, 0.29) is 0 Å². The van der Waals surface area contributed by atoms with E-state index < -0.39 is 0 Å². The molecule has 0 heterocycles. The Morgan fingerprint density at radius 3 is 2.04 bits per heavy atom. The second-order valence-corrected chi connectivity index (χ2v) is 6.13. The Morgan fingerprint density at radius 1 is 0.783 bits per heavy atom. The van der Waals surface area contributed by atoms with Gasteiger partial charge in [-0.15, -0.1) is 0 Å². The van der Waals surface area contributed by atoms with Crippen molar-refractivity contribution in [3.05, 3.63) is 59.7 Å². The van der Waals surface area contributed by atoms with Crippen LogP contribution in [0.4, 0.5) is 0 Å². The number of aryl methyl sites for hydroxylation is 1. The smallest absolute Gasteiger partial charge is 0.119 e. The molecule has 1 fully saturated rings. The molecular formula is C21H28O2. The Labute approximate surface area is 140 Å². The van der Waals surface area contributed by atoms with Crippen LogP contribution in [0.3, 0.4) is 0 Å². The highest BCUT2D eigenvalue weighted by Crippen LogP contribution is 2.33. The number of hydrogen-bond donors (Lipinski definition) is 0. The number of benzene rings is 2. The van der Waals surface area contributed by atoms with Crippen molar-refractivity contribution < 1.29 is 9.47 Å². The van der Waals surface area contributed by atoms with Crippen LogP contribution in [0.25, 0.3) is 0 Å².